The first-order valence-electron chi connectivity index (χ1n) is 5.84. The van der Waals surface area contributed by atoms with Gasteiger partial charge in [-0.25, -0.2) is 4.52 Å². The SMILES string of the molecule is CC(=O)c1cnn2cc(OCCN(C)C)ccc12. The van der Waals surface area contributed by atoms with Gasteiger partial charge in [0, 0.05) is 6.54 Å². The zero-order valence-electron chi connectivity index (χ0n) is 10.9. The Kier molecular flexibility index (Phi) is 3.62. The molecule has 96 valence electrons. The van der Waals surface area contributed by atoms with Gasteiger partial charge in [-0.05, 0) is 33.2 Å². The maximum atomic E-state index is 11.4. The highest BCUT2D eigenvalue weighted by atomic mass is 16.5. The zero-order valence-corrected chi connectivity index (χ0v) is 10.9. The molecule has 0 atom stereocenters. The number of nitrogens with zero attached hydrogens (tertiary/aromatic N) is 3. The molecular weight excluding hydrogens is 230 g/mol. The van der Waals surface area contributed by atoms with Crippen molar-refractivity contribution < 1.29 is 9.53 Å². The molecule has 18 heavy (non-hydrogen) atoms. The van der Waals surface area contributed by atoms with Crippen molar-refractivity contribution in [1.29, 1.82) is 0 Å². The number of aromatic nitrogens is 2. The van der Waals surface area contributed by atoms with Gasteiger partial charge in [0.05, 0.1) is 23.5 Å². The van der Waals surface area contributed by atoms with Crippen molar-refractivity contribution in [2.75, 3.05) is 27.2 Å². The quantitative estimate of drug-likeness (QED) is 0.751. The second-order valence-corrected chi connectivity index (χ2v) is 4.46. The van der Waals surface area contributed by atoms with Crippen LogP contribution < -0.4 is 4.74 Å². The molecule has 0 unspecified atom stereocenters. The van der Waals surface area contributed by atoms with E-state index in [-0.39, 0.29) is 5.78 Å². The minimum Gasteiger partial charge on any atom is -0.491 e. The maximum Gasteiger partial charge on any atom is 0.163 e. The van der Waals surface area contributed by atoms with Gasteiger partial charge in [0.25, 0.3) is 0 Å². The fourth-order valence-electron chi connectivity index (χ4n) is 1.67. The molecule has 0 bridgehead atoms. The second-order valence-electron chi connectivity index (χ2n) is 4.46. The third kappa shape index (κ3) is 2.68. The number of Topliss-reactive ketones (excluding diaryl/α,β-unsaturated/α-hetero) is 1. The predicted octanol–water partition coefficient (Wildman–Crippen LogP) is 1.48. The standard InChI is InChI=1S/C13H17N3O2/c1-10(17)12-8-14-16-9-11(4-5-13(12)16)18-7-6-15(2)3/h4-5,8-9H,6-7H2,1-3H3. The minimum absolute atomic E-state index is 0.0197. The number of hydrogen-bond acceptors (Lipinski definition) is 4. The zero-order chi connectivity index (χ0) is 13.1. The first-order valence-corrected chi connectivity index (χ1v) is 5.84. The summed E-state index contributed by atoms with van der Waals surface area (Å²) < 4.78 is 7.28. The normalized spacial score (nSPS) is 11.1. The number of ketones is 1. The van der Waals surface area contributed by atoms with Gasteiger partial charge in [-0.1, -0.05) is 0 Å². The lowest BCUT2D eigenvalue weighted by Crippen LogP contribution is -2.19. The molecule has 0 aliphatic carbocycles. The summed E-state index contributed by atoms with van der Waals surface area (Å²) in [6.45, 7) is 3.02. The van der Waals surface area contributed by atoms with Crippen LogP contribution in [0.1, 0.15) is 17.3 Å². The number of rotatable bonds is 5. The lowest BCUT2D eigenvalue weighted by atomic mass is 10.2. The van der Waals surface area contributed by atoms with Crippen LogP contribution in [0.25, 0.3) is 5.52 Å². The molecule has 0 spiro atoms. The number of hydrogen-bond donors (Lipinski definition) is 0. The highest BCUT2D eigenvalue weighted by Crippen LogP contribution is 2.16. The Morgan fingerprint density at radius 2 is 2.22 bits per heavy atom. The third-order valence-electron chi connectivity index (χ3n) is 2.68. The van der Waals surface area contributed by atoms with Crippen molar-refractivity contribution >= 4 is 11.3 Å². The summed E-state index contributed by atoms with van der Waals surface area (Å²) in [4.78, 5) is 13.4. The average Bonchev–Trinajstić information content (AvgIpc) is 2.71. The van der Waals surface area contributed by atoms with Gasteiger partial charge >= 0.3 is 0 Å². The summed E-state index contributed by atoms with van der Waals surface area (Å²) >= 11 is 0. The Bertz CT molecular complexity index is 560. The predicted molar refractivity (Wildman–Crippen MR) is 69.2 cm³/mol. The topological polar surface area (TPSA) is 46.8 Å². The number of likely N-dealkylation sites (N-methyl/N-ethyl adjacent to an activating group) is 1. The Morgan fingerprint density at radius 3 is 2.89 bits per heavy atom. The van der Waals surface area contributed by atoms with Crippen LogP contribution in [0.2, 0.25) is 0 Å². The van der Waals surface area contributed by atoms with Crippen LogP contribution in [0.4, 0.5) is 0 Å². The lowest BCUT2D eigenvalue weighted by Gasteiger charge is -2.10. The van der Waals surface area contributed by atoms with Crippen LogP contribution in [0.15, 0.2) is 24.5 Å². The molecule has 0 aliphatic heterocycles. The Balaban J connectivity index is 2.16. The molecule has 0 fully saturated rings. The van der Waals surface area contributed by atoms with E-state index in [2.05, 4.69) is 10.00 Å². The van der Waals surface area contributed by atoms with Crippen LogP contribution in [0.5, 0.6) is 5.75 Å². The summed E-state index contributed by atoms with van der Waals surface area (Å²) in [5.41, 5.74) is 1.44. The largest absolute Gasteiger partial charge is 0.491 e. The number of ether oxygens (including phenoxy) is 1. The van der Waals surface area contributed by atoms with Gasteiger partial charge < -0.3 is 9.64 Å². The molecule has 0 aliphatic rings. The number of carbonyl (C=O) groups is 1. The van der Waals surface area contributed by atoms with Crippen molar-refractivity contribution in [2.24, 2.45) is 0 Å². The van der Waals surface area contributed by atoms with Gasteiger partial charge in [0.2, 0.25) is 0 Å². The second kappa shape index (κ2) is 5.18. The third-order valence-corrected chi connectivity index (χ3v) is 2.68. The van der Waals surface area contributed by atoms with E-state index in [1.54, 1.807) is 23.8 Å². The Labute approximate surface area is 106 Å². The van der Waals surface area contributed by atoms with Crippen LogP contribution in [0, 0.1) is 0 Å². The van der Waals surface area contributed by atoms with E-state index in [0.29, 0.717) is 12.2 Å². The van der Waals surface area contributed by atoms with E-state index >= 15 is 0 Å². The van der Waals surface area contributed by atoms with Gasteiger partial charge in [-0.2, -0.15) is 5.10 Å². The van der Waals surface area contributed by atoms with E-state index in [4.69, 9.17) is 4.74 Å². The lowest BCUT2D eigenvalue weighted by molar-refractivity contribution is 0.101. The first kappa shape index (κ1) is 12.6. The summed E-state index contributed by atoms with van der Waals surface area (Å²) in [7, 11) is 4.00. The molecule has 5 nitrogen and oxygen atoms in total. The molecule has 0 amide bonds. The molecule has 0 saturated carbocycles. The Morgan fingerprint density at radius 1 is 1.44 bits per heavy atom. The molecular formula is C13H17N3O2. The van der Waals surface area contributed by atoms with Gasteiger partial charge in [0.15, 0.2) is 5.78 Å². The van der Waals surface area contributed by atoms with Crippen molar-refractivity contribution in [3.8, 4) is 5.75 Å². The molecule has 2 rings (SSSR count). The molecule has 0 saturated heterocycles. The van der Waals surface area contributed by atoms with E-state index in [0.717, 1.165) is 17.8 Å². The smallest absolute Gasteiger partial charge is 0.163 e. The van der Waals surface area contributed by atoms with Crippen molar-refractivity contribution in [1.82, 2.24) is 14.5 Å². The number of carbonyl (C=O) groups excluding carboxylic acids is 1. The highest BCUT2D eigenvalue weighted by molar-refractivity contribution is 6.00. The monoisotopic (exact) mass is 247 g/mol. The summed E-state index contributed by atoms with van der Waals surface area (Å²) in [5, 5.41) is 4.15. The van der Waals surface area contributed by atoms with E-state index < -0.39 is 0 Å². The van der Waals surface area contributed by atoms with Crippen molar-refractivity contribution in [3.63, 3.8) is 0 Å². The number of fused-ring (bicyclic) bond motifs is 1. The molecule has 0 N–H and O–H groups in total. The minimum atomic E-state index is 0.0197. The van der Waals surface area contributed by atoms with Gasteiger partial charge in [-0.3, -0.25) is 4.79 Å². The highest BCUT2D eigenvalue weighted by Gasteiger charge is 2.08. The molecule has 0 radical (unpaired) electrons. The van der Waals surface area contributed by atoms with Gasteiger partial charge in [0.1, 0.15) is 12.4 Å². The number of pyridine rings is 1. The first-order chi connectivity index (χ1) is 8.58. The molecule has 2 aromatic rings. The van der Waals surface area contributed by atoms with Gasteiger partial charge in [-0.15, -0.1) is 0 Å². The fraction of sp³-hybridized carbons (Fsp3) is 0.385. The maximum absolute atomic E-state index is 11.4. The van der Waals surface area contributed by atoms with Crippen molar-refractivity contribution in [2.45, 2.75) is 6.92 Å². The van der Waals surface area contributed by atoms with Crippen LogP contribution in [-0.2, 0) is 0 Å². The molecule has 5 heteroatoms. The summed E-state index contributed by atoms with van der Waals surface area (Å²) in [5.74, 6) is 0.772. The molecule has 2 aromatic heterocycles. The van der Waals surface area contributed by atoms with Crippen LogP contribution >= 0.6 is 0 Å². The van der Waals surface area contributed by atoms with Crippen LogP contribution in [-0.4, -0.2) is 47.5 Å². The van der Waals surface area contributed by atoms with E-state index in [1.807, 2.05) is 26.2 Å². The fourth-order valence-corrected chi connectivity index (χ4v) is 1.67. The average molecular weight is 247 g/mol. The summed E-state index contributed by atoms with van der Waals surface area (Å²) in [6.07, 6.45) is 3.37. The Hall–Kier alpha value is -1.88. The van der Waals surface area contributed by atoms with Crippen molar-refractivity contribution in [3.05, 3.63) is 30.1 Å². The molecule has 0 aromatic carbocycles. The van der Waals surface area contributed by atoms with E-state index in [9.17, 15) is 4.79 Å². The summed E-state index contributed by atoms with van der Waals surface area (Å²) in [6, 6.07) is 3.72. The van der Waals surface area contributed by atoms with E-state index in [1.165, 1.54) is 0 Å². The van der Waals surface area contributed by atoms with Crippen LogP contribution in [0.3, 0.4) is 0 Å². The molecule has 2 heterocycles.